The molecule has 0 amide bonds. The molecule has 2 rings (SSSR count). The first kappa shape index (κ1) is 18.5. The molecule has 2 unspecified atom stereocenters. The van der Waals surface area contributed by atoms with Crippen molar-refractivity contribution in [3.63, 3.8) is 0 Å². The Balaban J connectivity index is 2.49. The second-order valence-electron chi connectivity index (χ2n) is 6.06. The zero-order valence-corrected chi connectivity index (χ0v) is 15.8. The molecule has 2 aromatic rings. The third-order valence-electron chi connectivity index (χ3n) is 4.19. The molecule has 0 aliphatic carbocycles. The first-order chi connectivity index (χ1) is 11.5. The predicted octanol–water partition coefficient (Wildman–Crippen LogP) is 4.47. The Labute approximate surface area is 146 Å². The van der Waals surface area contributed by atoms with Crippen LogP contribution in [0.4, 0.5) is 0 Å². The van der Waals surface area contributed by atoms with E-state index in [4.69, 9.17) is 4.74 Å². The van der Waals surface area contributed by atoms with Gasteiger partial charge in [0.1, 0.15) is 11.5 Å². The number of nitrogens with zero attached hydrogens (tertiary/aromatic N) is 1. The van der Waals surface area contributed by atoms with E-state index in [9.17, 15) is 5.11 Å². The molecule has 0 saturated heterocycles. The SMILES string of the molecule is CCCC(C)(Pc1ccccc1/C=N/C)c1cc(OC)ccc1O. The van der Waals surface area contributed by atoms with E-state index in [0.29, 0.717) is 14.3 Å². The molecule has 0 radical (unpaired) electrons. The topological polar surface area (TPSA) is 41.8 Å². The Morgan fingerprint density at radius 2 is 2.00 bits per heavy atom. The molecule has 1 N–H and O–H groups in total. The van der Waals surface area contributed by atoms with Crippen LogP contribution >= 0.6 is 8.58 Å². The highest BCUT2D eigenvalue weighted by Gasteiger charge is 2.30. The first-order valence-corrected chi connectivity index (χ1v) is 9.21. The lowest BCUT2D eigenvalue weighted by molar-refractivity contribution is 0.407. The number of phenolic OH excluding ortho intramolecular Hbond substituents is 1. The van der Waals surface area contributed by atoms with Crippen molar-refractivity contribution >= 4 is 20.1 Å². The summed E-state index contributed by atoms with van der Waals surface area (Å²) in [5.41, 5.74) is 2.09. The molecule has 128 valence electrons. The molecule has 0 fully saturated rings. The minimum atomic E-state index is -0.148. The molecule has 4 heteroatoms. The number of ether oxygens (including phenoxy) is 1. The molecule has 0 aromatic heterocycles. The highest BCUT2D eigenvalue weighted by molar-refractivity contribution is 7.48. The van der Waals surface area contributed by atoms with Crippen LogP contribution in [0.1, 0.15) is 37.8 Å². The summed E-state index contributed by atoms with van der Waals surface area (Å²) < 4.78 is 5.37. The van der Waals surface area contributed by atoms with Gasteiger partial charge in [0.05, 0.1) is 7.11 Å². The Bertz CT molecular complexity index is 715. The van der Waals surface area contributed by atoms with Crippen molar-refractivity contribution in [2.45, 2.75) is 31.8 Å². The van der Waals surface area contributed by atoms with Crippen LogP contribution in [0.25, 0.3) is 0 Å². The van der Waals surface area contributed by atoms with Gasteiger partial charge in [-0.15, -0.1) is 0 Å². The predicted molar refractivity (Wildman–Crippen MR) is 105 cm³/mol. The lowest BCUT2D eigenvalue weighted by Crippen LogP contribution is -2.21. The fraction of sp³-hybridized carbons (Fsp3) is 0.350. The van der Waals surface area contributed by atoms with E-state index in [-0.39, 0.29) is 5.16 Å². The number of hydrogen-bond donors (Lipinski definition) is 1. The lowest BCUT2D eigenvalue weighted by Gasteiger charge is -2.31. The summed E-state index contributed by atoms with van der Waals surface area (Å²) in [6.45, 7) is 4.41. The molecule has 24 heavy (non-hydrogen) atoms. The van der Waals surface area contributed by atoms with Gasteiger partial charge in [0.2, 0.25) is 0 Å². The number of hydrogen-bond acceptors (Lipinski definition) is 3. The van der Waals surface area contributed by atoms with Crippen LogP contribution in [0.2, 0.25) is 0 Å². The van der Waals surface area contributed by atoms with E-state index in [1.807, 2.05) is 18.3 Å². The van der Waals surface area contributed by atoms with E-state index in [2.05, 4.69) is 37.0 Å². The fourth-order valence-electron chi connectivity index (χ4n) is 3.01. The lowest BCUT2D eigenvalue weighted by atomic mass is 9.94. The van der Waals surface area contributed by atoms with Crippen molar-refractivity contribution < 1.29 is 9.84 Å². The van der Waals surface area contributed by atoms with Gasteiger partial charge < -0.3 is 9.84 Å². The summed E-state index contributed by atoms with van der Waals surface area (Å²) >= 11 is 0. The zero-order chi connectivity index (χ0) is 17.6. The normalized spacial score (nSPS) is 14.3. The molecule has 0 spiro atoms. The summed E-state index contributed by atoms with van der Waals surface area (Å²) in [7, 11) is 3.97. The van der Waals surface area contributed by atoms with Crippen LogP contribution in [0.15, 0.2) is 47.5 Å². The maximum absolute atomic E-state index is 10.5. The quantitative estimate of drug-likeness (QED) is 0.595. The summed E-state index contributed by atoms with van der Waals surface area (Å²) in [5.74, 6) is 1.11. The molecule has 0 bridgehead atoms. The standard InChI is InChI=1S/C20H26NO2P/c1-5-12-20(2,17-13-16(23-4)10-11-18(17)22)24-19-9-7-6-8-15(19)14-21-3/h6-11,13-14,22,24H,5,12H2,1-4H3/b21-14+. The van der Waals surface area contributed by atoms with E-state index >= 15 is 0 Å². The zero-order valence-electron chi connectivity index (χ0n) is 14.8. The average molecular weight is 343 g/mol. The summed E-state index contributed by atoms with van der Waals surface area (Å²) in [4.78, 5) is 4.17. The molecule has 0 aliphatic heterocycles. The second-order valence-corrected chi connectivity index (χ2v) is 7.96. The first-order valence-electron chi connectivity index (χ1n) is 8.21. The summed E-state index contributed by atoms with van der Waals surface area (Å²) in [5, 5.41) is 11.6. The van der Waals surface area contributed by atoms with Crippen LogP contribution in [-0.2, 0) is 5.16 Å². The Morgan fingerprint density at radius 3 is 2.67 bits per heavy atom. The molecule has 0 aliphatic rings. The Morgan fingerprint density at radius 1 is 1.25 bits per heavy atom. The fourth-order valence-corrected chi connectivity index (χ4v) is 4.78. The van der Waals surface area contributed by atoms with Gasteiger partial charge >= 0.3 is 0 Å². The minimum absolute atomic E-state index is 0.148. The van der Waals surface area contributed by atoms with E-state index in [1.165, 1.54) is 5.30 Å². The smallest absolute Gasteiger partial charge is 0.119 e. The van der Waals surface area contributed by atoms with Gasteiger partial charge in [0.25, 0.3) is 0 Å². The van der Waals surface area contributed by atoms with Gasteiger partial charge in [0, 0.05) is 24.0 Å². The van der Waals surface area contributed by atoms with E-state index in [1.54, 1.807) is 26.3 Å². The number of benzene rings is 2. The third-order valence-corrected chi connectivity index (χ3v) is 5.98. The van der Waals surface area contributed by atoms with Crippen LogP contribution in [0, 0.1) is 0 Å². The van der Waals surface area contributed by atoms with Gasteiger partial charge in [-0.3, -0.25) is 4.99 Å². The second kappa shape index (κ2) is 8.30. The maximum atomic E-state index is 10.5. The van der Waals surface area contributed by atoms with Crippen molar-refractivity contribution in [1.82, 2.24) is 0 Å². The third kappa shape index (κ3) is 4.15. The number of aromatic hydroxyl groups is 1. The number of aliphatic imine (C=N–C) groups is 1. The van der Waals surface area contributed by atoms with Crippen molar-refractivity contribution in [3.8, 4) is 11.5 Å². The number of rotatable bonds is 7. The average Bonchev–Trinajstić information content (AvgIpc) is 2.57. The van der Waals surface area contributed by atoms with Crippen molar-refractivity contribution in [3.05, 3.63) is 53.6 Å². The van der Waals surface area contributed by atoms with Gasteiger partial charge in [-0.2, -0.15) is 0 Å². The van der Waals surface area contributed by atoms with Crippen LogP contribution in [0.5, 0.6) is 11.5 Å². The maximum Gasteiger partial charge on any atom is 0.119 e. The summed E-state index contributed by atoms with van der Waals surface area (Å²) in [6, 6.07) is 13.8. The van der Waals surface area contributed by atoms with Gasteiger partial charge in [-0.25, -0.2) is 0 Å². The highest BCUT2D eigenvalue weighted by atomic mass is 31.1. The summed E-state index contributed by atoms with van der Waals surface area (Å²) in [6.07, 6.45) is 3.94. The van der Waals surface area contributed by atoms with Crippen LogP contribution < -0.4 is 10.0 Å². The molecule has 3 nitrogen and oxygen atoms in total. The van der Waals surface area contributed by atoms with Crippen molar-refractivity contribution in [1.29, 1.82) is 0 Å². The van der Waals surface area contributed by atoms with E-state index in [0.717, 1.165) is 29.7 Å². The van der Waals surface area contributed by atoms with Crippen molar-refractivity contribution in [2.24, 2.45) is 4.99 Å². The molecular weight excluding hydrogens is 317 g/mol. The highest BCUT2D eigenvalue weighted by Crippen LogP contribution is 2.48. The monoisotopic (exact) mass is 343 g/mol. The molecule has 2 atom stereocenters. The Kier molecular flexibility index (Phi) is 6.39. The van der Waals surface area contributed by atoms with Gasteiger partial charge in [-0.05, 0) is 35.5 Å². The largest absolute Gasteiger partial charge is 0.508 e. The molecule has 0 heterocycles. The molecule has 0 saturated carbocycles. The number of methoxy groups -OCH3 is 1. The van der Waals surface area contributed by atoms with E-state index < -0.39 is 0 Å². The van der Waals surface area contributed by atoms with Gasteiger partial charge in [-0.1, -0.05) is 53.1 Å². The van der Waals surface area contributed by atoms with Crippen molar-refractivity contribution in [2.75, 3.05) is 14.2 Å². The Hall–Kier alpha value is -1.86. The van der Waals surface area contributed by atoms with Gasteiger partial charge in [0.15, 0.2) is 0 Å². The van der Waals surface area contributed by atoms with Crippen LogP contribution in [-0.4, -0.2) is 25.5 Å². The molecular formula is C20H26NO2P. The van der Waals surface area contributed by atoms with Crippen LogP contribution in [0.3, 0.4) is 0 Å². The number of phenols is 1. The molecule has 2 aromatic carbocycles. The minimum Gasteiger partial charge on any atom is -0.508 e.